The van der Waals surface area contributed by atoms with Crippen LogP contribution in [0.15, 0.2) is 35.6 Å². The molecule has 1 fully saturated rings. The van der Waals surface area contributed by atoms with E-state index in [1.165, 1.54) is 5.03 Å². The molecule has 1 saturated heterocycles. The molecule has 0 aliphatic carbocycles. The Labute approximate surface area is 138 Å². The molecule has 6 nitrogen and oxygen atoms in total. The molecule has 0 spiro atoms. The van der Waals surface area contributed by atoms with E-state index >= 15 is 0 Å². The zero-order valence-electron chi connectivity index (χ0n) is 12.8. The van der Waals surface area contributed by atoms with E-state index in [1.807, 2.05) is 23.2 Å². The van der Waals surface area contributed by atoms with Crippen molar-refractivity contribution in [2.45, 2.75) is 23.9 Å². The van der Waals surface area contributed by atoms with E-state index in [0.717, 1.165) is 30.8 Å². The molecule has 1 aliphatic rings. The van der Waals surface area contributed by atoms with E-state index < -0.39 is 0 Å². The van der Waals surface area contributed by atoms with Crippen molar-refractivity contribution >= 4 is 29.5 Å². The minimum absolute atomic E-state index is 0.328. The van der Waals surface area contributed by atoms with Crippen molar-refractivity contribution < 1.29 is 14.3 Å². The number of fused-ring (bicyclic) bond motifs is 1. The minimum atomic E-state index is -0.389. The van der Waals surface area contributed by atoms with E-state index in [2.05, 4.69) is 15.5 Å². The standard InChI is InChI=1S/C16H19N3O3S/c20-10-14(21)13-11-22-12-18(13)7-1-2-9-23-16-5-3-4-15-17-6-8-19(15)16/h3-6,8,10,13H,1-2,7,9,11-12H2. The van der Waals surface area contributed by atoms with Crippen molar-refractivity contribution in [1.82, 2.24) is 14.3 Å². The molecule has 1 unspecified atom stereocenters. The van der Waals surface area contributed by atoms with Gasteiger partial charge in [0.1, 0.15) is 11.7 Å². The number of nitrogens with zero attached hydrogens (tertiary/aromatic N) is 3. The maximum absolute atomic E-state index is 11.5. The number of pyridine rings is 1. The van der Waals surface area contributed by atoms with Gasteiger partial charge in [-0.1, -0.05) is 6.07 Å². The Balaban J connectivity index is 1.43. The molecule has 2 aromatic rings. The van der Waals surface area contributed by atoms with Crippen LogP contribution in [0.5, 0.6) is 0 Å². The number of thioether (sulfide) groups is 1. The first kappa shape index (κ1) is 16.2. The van der Waals surface area contributed by atoms with Gasteiger partial charge in [-0.2, -0.15) is 0 Å². The van der Waals surface area contributed by atoms with Crippen LogP contribution in [-0.4, -0.2) is 58.0 Å². The van der Waals surface area contributed by atoms with Crippen molar-refractivity contribution in [3.8, 4) is 0 Å². The van der Waals surface area contributed by atoms with Gasteiger partial charge in [0.2, 0.25) is 5.78 Å². The van der Waals surface area contributed by atoms with Crippen LogP contribution in [0.25, 0.3) is 5.65 Å². The van der Waals surface area contributed by atoms with Gasteiger partial charge in [-0.3, -0.25) is 18.9 Å². The third kappa shape index (κ3) is 3.80. The van der Waals surface area contributed by atoms with Gasteiger partial charge in [0.25, 0.3) is 0 Å². The predicted molar refractivity (Wildman–Crippen MR) is 87.5 cm³/mol. The van der Waals surface area contributed by atoms with E-state index in [0.29, 0.717) is 19.6 Å². The first-order valence-corrected chi connectivity index (χ1v) is 8.64. The lowest BCUT2D eigenvalue weighted by Gasteiger charge is -2.18. The second-order valence-electron chi connectivity index (χ2n) is 5.42. The van der Waals surface area contributed by atoms with E-state index in [9.17, 15) is 9.59 Å². The minimum Gasteiger partial charge on any atom is -0.364 e. The van der Waals surface area contributed by atoms with Crippen molar-refractivity contribution in [2.24, 2.45) is 0 Å². The lowest BCUT2D eigenvalue weighted by Crippen LogP contribution is -2.38. The fourth-order valence-corrected chi connectivity index (χ4v) is 3.70. The summed E-state index contributed by atoms with van der Waals surface area (Å²) in [4.78, 5) is 28.3. The molecular formula is C16H19N3O3S. The average molecular weight is 333 g/mol. The normalized spacial score (nSPS) is 18.5. The van der Waals surface area contributed by atoms with Crippen molar-refractivity contribution in [3.63, 3.8) is 0 Å². The molecule has 0 bridgehead atoms. The number of aldehydes is 1. The Morgan fingerprint density at radius 3 is 3.22 bits per heavy atom. The number of ether oxygens (including phenoxy) is 1. The molecule has 7 heteroatoms. The lowest BCUT2D eigenvalue weighted by atomic mass is 10.2. The highest BCUT2D eigenvalue weighted by Gasteiger charge is 2.30. The highest BCUT2D eigenvalue weighted by Crippen LogP contribution is 2.21. The van der Waals surface area contributed by atoms with Gasteiger partial charge >= 0.3 is 0 Å². The Morgan fingerprint density at radius 1 is 1.43 bits per heavy atom. The summed E-state index contributed by atoms with van der Waals surface area (Å²) >= 11 is 1.80. The number of ketones is 1. The number of rotatable bonds is 8. The largest absolute Gasteiger partial charge is 0.364 e. The van der Waals surface area contributed by atoms with Crippen LogP contribution >= 0.6 is 11.8 Å². The maximum Gasteiger partial charge on any atom is 0.214 e. The van der Waals surface area contributed by atoms with E-state index in [4.69, 9.17) is 4.74 Å². The summed E-state index contributed by atoms with van der Waals surface area (Å²) in [6.45, 7) is 1.54. The monoisotopic (exact) mass is 333 g/mol. The predicted octanol–water partition coefficient (Wildman–Crippen LogP) is 1.63. The topological polar surface area (TPSA) is 63.9 Å². The number of aromatic nitrogens is 2. The zero-order chi connectivity index (χ0) is 16.1. The molecule has 0 amide bonds. The van der Waals surface area contributed by atoms with Crippen molar-refractivity contribution in [1.29, 1.82) is 0 Å². The van der Waals surface area contributed by atoms with Crippen LogP contribution in [0, 0.1) is 0 Å². The number of unbranched alkanes of at least 4 members (excludes halogenated alkanes) is 1. The van der Waals surface area contributed by atoms with Crippen LogP contribution < -0.4 is 0 Å². The number of hydrogen-bond donors (Lipinski definition) is 0. The first-order valence-electron chi connectivity index (χ1n) is 7.65. The van der Waals surface area contributed by atoms with Gasteiger partial charge in [-0.15, -0.1) is 11.8 Å². The smallest absolute Gasteiger partial charge is 0.214 e. The third-order valence-corrected chi connectivity index (χ3v) is 5.02. The van der Waals surface area contributed by atoms with Crippen LogP contribution in [0.1, 0.15) is 12.8 Å². The summed E-state index contributed by atoms with van der Waals surface area (Å²) in [6.07, 6.45) is 6.17. The Bertz CT molecular complexity index is 688. The molecule has 2 aromatic heterocycles. The number of Topliss-reactive ketones (excluding diaryl/α,β-unsaturated/α-hetero) is 1. The number of carbonyl (C=O) groups excluding carboxylic acids is 2. The van der Waals surface area contributed by atoms with Crippen molar-refractivity contribution in [2.75, 3.05) is 25.6 Å². The highest BCUT2D eigenvalue weighted by molar-refractivity contribution is 7.99. The van der Waals surface area contributed by atoms with Gasteiger partial charge < -0.3 is 4.74 Å². The molecule has 23 heavy (non-hydrogen) atoms. The quantitative estimate of drug-likeness (QED) is 0.317. The van der Waals surface area contributed by atoms with E-state index in [-0.39, 0.29) is 11.8 Å². The molecule has 3 rings (SSSR count). The van der Waals surface area contributed by atoms with Crippen molar-refractivity contribution in [3.05, 3.63) is 30.6 Å². The van der Waals surface area contributed by atoms with Crippen LogP contribution in [-0.2, 0) is 14.3 Å². The molecule has 122 valence electrons. The van der Waals surface area contributed by atoms with Gasteiger partial charge in [0.05, 0.1) is 18.4 Å². The lowest BCUT2D eigenvalue weighted by molar-refractivity contribution is -0.132. The van der Waals surface area contributed by atoms with Crippen LogP contribution in [0.3, 0.4) is 0 Å². The molecule has 1 atom stereocenters. The molecule has 0 aromatic carbocycles. The summed E-state index contributed by atoms with van der Waals surface area (Å²) in [7, 11) is 0. The van der Waals surface area contributed by atoms with Crippen LogP contribution in [0.2, 0.25) is 0 Å². The molecule has 0 radical (unpaired) electrons. The van der Waals surface area contributed by atoms with Gasteiger partial charge in [0, 0.05) is 18.9 Å². The molecule has 0 N–H and O–H groups in total. The highest BCUT2D eigenvalue weighted by atomic mass is 32.2. The summed E-state index contributed by atoms with van der Waals surface area (Å²) in [5.74, 6) is 0.613. The Kier molecular flexibility index (Phi) is 5.43. The summed E-state index contributed by atoms with van der Waals surface area (Å²) in [5.41, 5.74) is 0.958. The van der Waals surface area contributed by atoms with Gasteiger partial charge in [-0.25, -0.2) is 4.98 Å². The summed E-state index contributed by atoms with van der Waals surface area (Å²) in [5, 5.41) is 1.18. The summed E-state index contributed by atoms with van der Waals surface area (Å²) < 4.78 is 7.37. The second-order valence-corrected chi connectivity index (χ2v) is 6.54. The Morgan fingerprint density at radius 2 is 2.35 bits per heavy atom. The Hall–Kier alpha value is -1.70. The zero-order valence-corrected chi connectivity index (χ0v) is 13.6. The molecule has 0 saturated carbocycles. The number of hydrogen-bond acceptors (Lipinski definition) is 6. The van der Waals surface area contributed by atoms with E-state index in [1.54, 1.807) is 18.0 Å². The molecule has 3 heterocycles. The fraction of sp³-hybridized carbons (Fsp3) is 0.438. The molecule has 1 aliphatic heterocycles. The van der Waals surface area contributed by atoms with Gasteiger partial charge in [-0.05, 0) is 30.7 Å². The SMILES string of the molecule is O=CC(=O)C1COCN1CCCCSc1cccc2nccn12. The third-order valence-electron chi connectivity index (χ3n) is 3.90. The average Bonchev–Trinajstić information content (AvgIpc) is 3.23. The summed E-state index contributed by atoms with van der Waals surface area (Å²) in [6, 6.07) is 5.70. The molecular weight excluding hydrogens is 314 g/mol. The second kappa shape index (κ2) is 7.72. The van der Waals surface area contributed by atoms with Gasteiger partial charge in [0.15, 0.2) is 6.29 Å². The fourth-order valence-electron chi connectivity index (χ4n) is 2.67. The number of carbonyl (C=O) groups is 2. The number of imidazole rings is 1. The van der Waals surface area contributed by atoms with Crippen LogP contribution in [0.4, 0.5) is 0 Å². The maximum atomic E-state index is 11.5. The first-order chi connectivity index (χ1) is 11.3.